The molecule has 0 bridgehead atoms. The van der Waals surface area contributed by atoms with Crippen molar-refractivity contribution in [1.82, 2.24) is 4.72 Å². The third kappa shape index (κ3) is 5.55. The van der Waals surface area contributed by atoms with Crippen LogP contribution in [-0.4, -0.2) is 42.3 Å². The van der Waals surface area contributed by atoms with Gasteiger partial charge in [-0.05, 0) is 18.1 Å². The summed E-state index contributed by atoms with van der Waals surface area (Å²) in [6.07, 6.45) is -0.287. The SMILES string of the molecule is COC(=O)[C@H](Cc1ccc([N+](=O)[O-])cc1)NS(=O)(=O)c1ccc([N+](=O)[O-])cc1[N+](=O)[O-]. The Labute approximate surface area is 173 Å². The van der Waals surface area contributed by atoms with Gasteiger partial charge in [0.1, 0.15) is 6.04 Å². The third-order valence-corrected chi connectivity index (χ3v) is 5.53. The summed E-state index contributed by atoms with van der Waals surface area (Å²) < 4.78 is 32.0. The van der Waals surface area contributed by atoms with Crippen molar-refractivity contribution < 1.29 is 32.7 Å². The van der Waals surface area contributed by atoms with E-state index in [4.69, 9.17) is 0 Å². The lowest BCUT2D eigenvalue weighted by Gasteiger charge is -2.17. The standard InChI is InChI=1S/C16H14N4O10S/c1-30-16(21)13(8-10-2-4-11(5-3-10)18(22)23)17-31(28,29)15-7-6-12(19(24)25)9-14(15)20(26)27/h2-7,9,13,17H,8H2,1H3/t13-/m0/s1. The fourth-order valence-electron chi connectivity index (χ4n) is 2.54. The molecule has 0 saturated heterocycles. The van der Waals surface area contributed by atoms with Crippen molar-refractivity contribution in [2.75, 3.05) is 7.11 Å². The Bertz CT molecular complexity index is 1150. The number of carbonyl (C=O) groups excluding carboxylic acids is 1. The fourth-order valence-corrected chi connectivity index (χ4v) is 3.88. The van der Waals surface area contributed by atoms with E-state index in [-0.39, 0.29) is 12.1 Å². The van der Waals surface area contributed by atoms with Crippen LogP contribution in [0.4, 0.5) is 17.1 Å². The van der Waals surface area contributed by atoms with E-state index in [2.05, 4.69) is 4.74 Å². The Morgan fingerprint density at radius 1 is 0.968 bits per heavy atom. The molecule has 0 aliphatic rings. The first-order chi connectivity index (χ1) is 14.5. The van der Waals surface area contributed by atoms with Gasteiger partial charge in [-0.2, -0.15) is 4.72 Å². The first-order valence-corrected chi connectivity index (χ1v) is 9.71. The Kier molecular flexibility index (Phi) is 6.93. The van der Waals surface area contributed by atoms with Crippen LogP contribution in [0.15, 0.2) is 47.4 Å². The molecule has 2 rings (SSSR count). The molecule has 14 nitrogen and oxygen atoms in total. The lowest BCUT2D eigenvalue weighted by atomic mass is 10.1. The Hall–Kier alpha value is -3.98. The van der Waals surface area contributed by atoms with Gasteiger partial charge in [0.05, 0.1) is 27.9 Å². The minimum atomic E-state index is -4.70. The average molecular weight is 454 g/mol. The fraction of sp³-hybridized carbons (Fsp3) is 0.188. The van der Waals surface area contributed by atoms with Crippen molar-refractivity contribution in [3.63, 3.8) is 0 Å². The number of rotatable bonds is 9. The summed E-state index contributed by atoms with van der Waals surface area (Å²) in [6, 6.07) is 5.31. The highest BCUT2D eigenvalue weighted by molar-refractivity contribution is 7.89. The van der Waals surface area contributed by atoms with Crippen LogP contribution in [0.5, 0.6) is 0 Å². The van der Waals surface area contributed by atoms with Crippen molar-refractivity contribution in [2.45, 2.75) is 17.4 Å². The average Bonchev–Trinajstić information content (AvgIpc) is 2.72. The van der Waals surface area contributed by atoms with Crippen molar-refractivity contribution >= 4 is 33.1 Å². The molecule has 0 spiro atoms. The van der Waals surface area contributed by atoms with Gasteiger partial charge in [0.2, 0.25) is 10.0 Å². The summed E-state index contributed by atoms with van der Waals surface area (Å²) in [5.41, 5.74) is -1.64. The monoisotopic (exact) mass is 454 g/mol. The summed E-state index contributed by atoms with van der Waals surface area (Å²) in [5.74, 6) is -1.02. The minimum absolute atomic E-state index is 0.222. The van der Waals surface area contributed by atoms with Gasteiger partial charge >= 0.3 is 5.97 Å². The van der Waals surface area contributed by atoms with E-state index >= 15 is 0 Å². The Balaban J connectivity index is 2.40. The molecule has 0 radical (unpaired) electrons. The van der Waals surface area contributed by atoms with Gasteiger partial charge in [0, 0.05) is 18.2 Å². The lowest BCUT2D eigenvalue weighted by molar-refractivity contribution is -0.396. The molecule has 2 aromatic carbocycles. The highest BCUT2D eigenvalue weighted by Gasteiger charge is 2.33. The zero-order valence-electron chi connectivity index (χ0n) is 15.7. The minimum Gasteiger partial charge on any atom is -0.468 e. The van der Waals surface area contributed by atoms with Crippen LogP contribution in [0.25, 0.3) is 0 Å². The van der Waals surface area contributed by atoms with Crippen molar-refractivity contribution in [3.8, 4) is 0 Å². The van der Waals surface area contributed by atoms with Crippen LogP contribution in [0.3, 0.4) is 0 Å². The van der Waals surface area contributed by atoms with Gasteiger partial charge in [0.25, 0.3) is 17.1 Å². The Morgan fingerprint density at radius 3 is 2.00 bits per heavy atom. The predicted molar refractivity (Wildman–Crippen MR) is 103 cm³/mol. The second-order valence-corrected chi connectivity index (χ2v) is 7.67. The predicted octanol–water partition coefficient (Wildman–Crippen LogP) is 1.47. The maximum atomic E-state index is 12.7. The highest BCUT2D eigenvalue weighted by atomic mass is 32.2. The number of ether oxygens (including phenoxy) is 1. The van der Waals surface area contributed by atoms with Crippen LogP contribution in [0.1, 0.15) is 5.56 Å². The first kappa shape index (κ1) is 23.3. The summed E-state index contributed by atoms with van der Waals surface area (Å²) in [5, 5.41) is 32.8. The van der Waals surface area contributed by atoms with E-state index in [0.29, 0.717) is 17.7 Å². The molecule has 0 saturated carbocycles. The zero-order chi connectivity index (χ0) is 23.3. The number of sulfonamides is 1. The maximum absolute atomic E-state index is 12.7. The number of hydrogen-bond acceptors (Lipinski definition) is 10. The number of carbonyl (C=O) groups is 1. The molecule has 0 aliphatic heterocycles. The van der Waals surface area contributed by atoms with Gasteiger partial charge in [-0.1, -0.05) is 12.1 Å². The number of nitro groups is 3. The topological polar surface area (TPSA) is 202 Å². The van der Waals surface area contributed by atoms with Gasteiger partial charge < -0.3 is 4.74 Å². The second-order valence-electron chi connectivity index (χ2n) is 5.99. The number of nitrogens with one attached hydrogen (secondary N) is 1. The van der Waals surface area contributed by atoms with E-state index in [1.54, 1.807) is 0 Å². The molecule has 0 aliphatic carbocycles. The summed E-state index contributed by atoms with van der Waals surface area (Å²) in [7, 11) is -3.70. The summed E-state index contributed by atoms with van der Waals surface area (Å²) in [4.78, 5) is 41.3. The number of benzene rings is 2. The molecule has 0 unspecified atom stereocenters. The molecule has 0 fully saturated rings. The molecule has 15 heteroatoms. The molecule has 1 atom stereocenters. The molecule has 0 heterocycles. The molecule has 0 amide bonds. The molecule has 2 aromatic rings. The first-order valence-electron chi connectivity index (χ1n) is 8.22. The molecule has 31 heavy (non-hydrogen) atoms. The number of hydrogen-bond donors (Lipinski definition) is 1. The molecular weight excluding hydrogens is 440 g/mol. The van der Waals surface area contributed by atoms with Gasteiger partial charge in [-0.15, -0.1) is 0 Å². The maximum Gasteiger partial charge on any atom is 0.324 e. The summed E-state index contributed by atoms with van der Waals surface area (Å²) >= 11 is 0. The second kappa shape index (κ2) is 9.23. The largest absolute Gasteiger partial charge is 0.468 e. The van der Waals surface area contributed by atoms with E-state index in [1.807, 2.05) is 4.72 Å². The van der Waals surface area contributed by atoms with Crippen LogP contribution in [0.2, 0.25) is 0 Å². The third-order valence-electron chi connectivity index (χ3n) is 4.01. The normalized spacial score (nSPS) is 12.0. The molecular formula is C16H14N4O10S. The summed E-state index contributed by atoms with van der Waals surface area (Å²) in [6.45, 7) is 0. The van der Waals surface area contributed by atoms with Crippen LogP contribution in [-0.2, 0) is 26.0 Å². The van der Waals surface area contributed by atoms with Gasteiger partial charge in [-0.3, -0.25) is 35.1 Å². The number of methoxy groups -OCH3 is 1. The number of nitrogens with zero attached hydrogens (tertiary/aromatic N) is 3. The van der Waals surface area contributed by atoms with Crippen molar-refractivity contribution in [1.29, 1.82) is 0 Å². The molecule has 1 N–H and O–H groups in total. The van der Waals surface area contributed by atoms with Crippen molar-refractivity contribution in [3.05, 3.63) is 78.4 Å². The quantitative estimate of drug-likeness (QED) is 0.328. The van der Waals surface area contributed by atoms with E-state index in [0.717, 1.165) is 25.3 Å². The van der Waals surface area contributed by atoms with Crippen LogP contribution >= 0.6 is 0 Å². The van der Waals surface area contributed by atoms with Crippen molar-refractivity contribution in [2.24, 2.45) is 0 Å². The Morgan fingerprint density at radius 2 is 1.52 bits per heavy atom. The number of non-ortho nitro benzene ring substituents is 2. The zero-order valence-corrected chi connectivity index (χ0v) is 16.5. The van der Waals surface area contributed by atoms with E-state index in [1.165, 1.54) is 12.1 Å². The van der Waals surface area contributed by atoms with Gasteiger partial charge in [-0.25, -0.2) is 8.42 Å². The highest BCUT2D eigenvalue weighted by Crippen LogP contribution is 2.28. The number of nitro benzene ring substituents is 3. The van der Waals surface area contributed by atoms with E-state index in [9.17, 15) is 43.6 Å². The van der Waals surface area contributed by atoms with Crippen LogP contribution in [0, 0.1) is 30.3 Å². The van der Waals surface area contributed by atoms with Gasteiger partial charge in [0.15, 0.2) is 4.90 Å². The van der Waals surface area contributed by atoms with E-state index < -0.39 is 53.1 Å². The molecule has 0 aromatic heterocycles. The lowest BCUT2D eigenvalue weighted by Crippen LogP contribution is -2.43. The molecule has 164 valence electrons. The number of esters is 1. The smallest absolute Gasteiger partial charge is 0.324 e. The van der Waals surface area contributed by atoms with Crippen LogP contribution < -0.4 is 4.72 Å².